The van der Waals surface area contributed by atoms with E-state index in [4.69, 9.17) is 0 Å². The van der Waals surface area contributed by atoms with Crippen LogP contribution in [-0.4, -0.2) is 38.4 Å². The van der Waals surface area contributed by atoms with Gasteiger partial charge in [-0.25, -0.2) is 4.68 Å². The van der Waals surface area contributed by atoms with Gasteiger partial charge in [-0.15, -0.1) is 0 Å². The van der Waals surface area contributed by atoms with E-state index in [9.17, 15) is 14.4 Å². The van der Waals surface area contributed by atoms with Gasteiger partial charge < -0.3 is 5.32 Å². The van der Waals surface area contributed by atoms with Gasteiger partial charge in [-0.1, -0.05) is 30.3 Å². The summed E-state index contributed by atoms with van der Waals surface area (Å²) in [6, 6.07) is 15.2. The number of benzene rings is 2. The molecule has 0 radical (unpaired) electrons. The van der Waals surface area contributed by atoms with Crippen molar-refractivity contribution < 1.29 is 14.4 Å². The van der Waals surface area contributed by atoms with Gasteiger partial charge in [-0.2, -0.15) is 5.10 Å². The maximum Gasteiger partial charge on any atom is 0.262 e. The molecule has 0 saturated heterocycles. The Morgan fingerprint density at radius 1 is 0.931 bits per heavy atom. The SMILES string of the molecule is Cc1nn(-c2ccccc2)c(C)c1NC(=O)C(C)N1C(=O)c2ccccc2C1=O. The van der Waals surface area contributed by atoms with Gasteiger partial charge in [0.2, 0.25) is 5.91 Å². The standard InChI is InChI=1S/C22H20N4O3/c1-13-19(14(2)26(24-13)16-9-5-4-6-10-16)23-20(27)15(3)25-21(28)17-11-7-8-12-18(17)22(25)29/h4-12,15H,1-3H3,(H,23,27). The van der Waals surface area contributed by atoms with Crippen LogP contribution in [0.15, 0.2) is 54.6 Å². The first-order valence-corrected chi connectivity index (χ1v) is 9.29. The number of imide groups is 1. The van der Waals surface area contributed by atoms with E-state index < -0.39 is 23.8 Å². The minimum absolute atomic E-state index is 0.321. The van der Waals surface area contributed by atoms with Crippen molar-refractivity contribution in [3.8, 4) is 5.69 Å². The van der Waals surface area contributed by atoms with Crippen LogP contribution in [-0.2, 0) is 4.79 Å². The number of para-hydroxylation sites is 1. The van der Waals surface area contributed by atoms with Crippen LogP contribution in [0.2, 0.25) is 0 Å². The quantitative estimate of drug-likeness (QED) is 0.696. The van der Waals surface area contributed by atoms with E-state index in [-0.39, 0.29) is 0 Å². The topological polar surface area (TPSA) is 84.3 Å². The molecule has 29 heavy (non-hydrogen) atoms. The van der Waals surface area contributed by atoms with Crippen LogP contribution in [0.5, 0.6) is 0 Å². The molecule has 2 heterocycles. The van der Waals surface area contributed by atoms with Crippen LogP contribution in [0.1, 0.15) is 39.0 Å². The number of amides is 3. The molecular weight excluding hydrogens is 368 g/mol. The summed E-state index contributed by atoms with van der Waals surface area (Å²) in [5.74, 6) is -1.36. The summed E-state index contributed by atoms with van der Waals surface area (Å²) in [6.07, 6.45) is 0. The fraction of sp³-hybridized carbons (Fsp3) is 0.182. The molecule has 4 rings (SSSR count). The van der Waals surface area contributed by atoms with Gasteiger partial charge in [-0.05, 0) is 45.0 Å². The zero-order valence-electron chi connectivity index (χ0n) is 16.3. The van der Waals surface area contributed by atoms with Gasteiger partial charge in [0.05, 0.1) is 33.9 Å². The minimum atomic E-state index is -0.957. The molecule has 0 saturated carbocycles. The number of hydrogen-bond donors (Lipinski definition) is 1. The number of fused-ring (bicyclic) bond motifs is 1. The van der Waals surface area contributed by atoms with Crippen molar-refractivity contribution in [2.24, 2.45) is 0 Å². The fourth-order valence-corrected chi connectivity index (χ4v) is 3.55. The second-order valence-electron chi connectivity index (χ2n) is 6.98. The highest BCUT2D eigenvalue weighted by Crippen LogP contribution is 2.26. The molecule has 146 valence electrons. The fourth-order valence-electron chi connectivity index (χ4n) is 3.55. The lowest BCUT2D eigenvalue weighted by Crippen LogP contribution is -2.45. The molecule has 2 aromatic carbocycles. The highest BCUT2D eigenvalue weighted by molar-refractivity contribution is 6.23. The van der Waals surface area contributed by atoms with Crippen molar-refractivity contribution >= 4 is 23.4 Å². The highest BCUT2D eigenvalue weighted by atomic mass is 16.2. The summed E-state index contributed by atoms with van der Waals surface area (Å²) < 4.78 is 1.75. The van der Waals surface area contributed by atoms with E-state index in [1.807, 2.05) is 37.3 Å². The van der Waals surface area contributed by atoms with Crippen molar-refractivity contribution in [3.63, 3.8) is 0 Å². The van der Waals surface area contributed by atoms with E-state index in [1.165, 1.54) is 0 Å². The summed E-state index contributed by atoms with van der Waals surface area (Å²) in [5, 5.41) is 7.35. The number of rotatable bonds is 4. The molecule has 1 unspecified atom stereocenters. The molecule has 0 spiro atoms. The van der Waals surface area contributed by atoms with Crippen LogP contribution in [0.3, 0.4) is 0 Å². The second-order valence-corrected chi connectivity index (χ2v) is 6.98. The molecule has 3 aromatic rings. The van der Waals surface area contributed by atoms with Crippen molar-refractivity contribution in [1.29, 1.82) is 0 Å². The second kappa shape index (κ2) is 7.01. The Morgan fingerprint density at radius 3 is 2.07 bits per heavy atom. The summed E-state index contributed by atoms with van der Waals surface area (Å²) >= 11 is 0. The van der Waals surface area contributed by atoms with Gasteiger partial charge >= 0.3 is 0 Å². The Morgan fingerprint density at radius 2 is 1.48 bits per heavy atom. The lowest BCUT2D eigenvalue weighted by atomic mass is 10.1. The molecular formula is C22H20N4O3. The maximum absolute atomic E-state index is 12.9. The molecule has 1 aromatic heterocycles. The number of carbonyl (C=O) groups is 3. The van der Waals surface area contributed by atoms with Crippen LogP contribution < -0.4 is 5.32 Å². The summed E-state index contributed by atoms with van der Waals surface area (Å²) in [5.41, 5.74) is 3.50. The molecule has 1 atom stereocenters. The molecule has 1 N–H and O–H groups in total. The van der Waals surface area contributed by atoms with Gasteiger partial charge in [-0.3, -0.25) is 19.3 Å². The summed E-state index contributed by atoms with van der Waals surface area (Å²) in [7, 11) is 0. The van der Waals surface area contributed by atoms with E-state index in [0.717, 1.165) is 16.3 Å². The average Bonchev–Trinajstić information content (AvgIpc) is 3.16. The molecule has 7 nitrogen and oxygen atoms in total. The molecule has 1 aliphatic heterocycles. The number of carbonyl (C=O) groups excluding carboxylic acids is 3. The number of nitrogens with one attached hydrogen (secondary N) is 1. The number of anilines is 1. The third-order valence-corrected chi connectivity index (χ3v) is 5.13. The first-order valence-electron chi connectivity index (χ1n) is 9.29. The van der Waals surface area contributed by atoms with E-state index >= 15 is 0 Å². The average molecular weight is 388 g/mol. The summed E-state index contributed by atoms with van der Waals surface area (Å²) in [4.78, 5) is 39.2. The van der Waals surface area contributed by atoms with Gasteiger partial charge in [0, 0.05) is 0 Å². The third-order valence-electron chi connectivity index (χ3n) is 5.13. The Bertz CT molecular complexity index is 1100. The Kier molecular flexibility index (Phi) is 4.50. The maximum atomic E-state index is 12.9. The lowest BCUT2D eigenvalue weighted by molar-refractivity contribution is -0.119. The zero-order chi connectivity index (χ0) is 20.7. The normalized spacial score (nSPS) is 14.1. The predicted octanol–water partition coefficient (Wildman–Crippen LogP) is 3.11. The Balaban J connectivity index is 1.59. The van der Waals surface area contributed by atoms with Crippen LogP contribution in [0, 0.1) is 13.8 Å². The monoisotopic (exact) mass is 388 g/mol. The molecule has 0 fully saturated rings. The van der Waals surface area contributed by atoms with Crippen molar-refractivity contribution in [1.82, 2.24) is 14.7 Å². The summed E-state index contributed by atoms with van der Waals surface area (Å²) in [6.45, 7) is 5.20. The molecule has 1 aliphatic rings. The molecule has 0 bridgehead atoms. The smallest absolute Gasteiger partial charge is 0.262 e. The van der Waals surface area contributed by atoms with Crippen molar-refractivity contribution in [2.45, 2.75) is 26.8 Å². The number of hydrogen-bond acceptors (Lipinski definition) is 4. The van der Waals surface area contributed by atoms with Crippen LogP contribution in [0.4, 0.5) is 5.69 Å². The molecule has 0 aliphatic carbocycles. The van der Waals surface area contributed by atoms with E-state index in [0.29, 0.717) is 22.5 Å². The Labute approximate surface area is 167 Å². The first kappa shape index (κ1) is 18.6. The minimum Gasteiger partial charge on any atom is -0.321 e. The van der Waals surface area contributed by atoms with Gasteiger partial charge in [0.25, 0.3) is 11.8 Å². The predicted molar refractivity (Wildman–Crippen MR) is 108 cm³/mol. The third kappa shape index (κ3) is 3.00. The van der Waals surface area contributed by atoms with Crippen molar-refractivity contribution in [3.05, 3.63) is 77.1 Å². The van der Waals surface area contributed by atoms with Crippen LogP contribution >= 0.6 is 0 Å². The molecule has 3 amide bonds. The van der Waals surface area contributed by atoms with E-state index in [1.54, 1.807) is 42.8 Å². The molecule has 7 heteroatoms. The van der Waals surface area contributed by atoms with E-state index in [2.05, 4.69) is 10.4 Å². The number of aromatic nitrogens is 2. The van der Waals surface area contributed by atoms with Gasteiger partial charge in [0.1, 0.15) is 6.04 Å². The van der Waals surface area contributed by atoms with Crippen molar-refractivity contribution in [2.75, 3.05) is 5.32 Å². The number of nitrogens with zero attached hydrogens (tertiary/aromatic N) is 3. The lowest BCUT2D eigenvalue weighted by Gasteiger charge is -2.21. The van der Waals surface area contributed by atoms with Crippen LogP contribution in [0.25, 0.3) is 5.69 Å². The highest BCUT2D eigenvalue weighted by Gasteiger charge is 2.40. The Hall–Kier alpha value is -3.74. The largest absolute Gasteiger partial charge is 0.321 e. The zero-order valence-corrected chi connectivity index (χ0v) is 16.3. The first-order chi connectivity index (χ1) is 13.9. The number of aryl methyl sites for hydroxylation is 1. The van der Waals surface area contributed by atoms with Gasteiger partial charge in [0.15, 0.2) is 0 Å².